The molecule has 5 atom stereocenters. The van der Waals surface area contributed by atoms with Gasteiger partial charge in [-0.15, -0.1) is 0 Å². The van der Waals surface area contributed by atoms with Crippen molar-refractivity contribution in [3.63, 3.8) is 0 Å². The van der Waals surface area contributed by atoms with E-state index in [4.69, 9.17) is 10.5 Å². The van der Waals surface area contributed by atoms with Crippen molar-refractivity contribution < 1.29 is 40.6 Å². The molecule has 0 aliphatic carbocycles. The molecule has 0 amide bonds. The number of aromatic nitrogens is 3. The van der Waals surface area contributed by atoms with Gasteiger partial charge < -0.3 is 30.7 Å². The summed E-state index contributed by atoms with van der Waals surface area (Å²) in [5, 5.41) is 13.1. The summed E-state index contributed by atoms with van der Waals surface area (Å²) in [5.74, 6) is -6.35. The minimum absolute atomic E-state index is 0.0335. The molecule has 4 aliphatic heterocycles. The van der Waals surface area contributed by atoms with Crippen LogP contribution in [0, 0.1) is 18.6 Å². The van der Waals surface area contributed by atoms with E-state index in [0.29, 0.717) is 12.6 Å². The molecule has 7 rings (SSSR count). The molecule has 0 radical (unpaired) electrons. The van der Waals surface area contributed by atoms with Gasteiger partial charge in [-0.1, -0.05) is 0 Å². The third kappa shape index (κ3) is 4.01. The summed E-state index contributed by atoms with van der Waals surface area (Å²) in [6, 6.07) is -1.42. The Hall–Kier alpha value is -3.66. The van der Waals surface area contributed by atoms with E-state index in [1.54, 1.807) is 6.92 Å². The Morgan fingerprint density at radius 1 is 1.14 bits per heavy atom. The molecule has 2 bridgehead atoms. The minimum atomic E-state index is -5.12. The largest absolute Gasteiger partial charge is 0.472 e. The van der Waals surface area contributed by atoms with Crippen LogP contribution in [0.25, 0.3) is 22.2 Å². The normalized spacial score (nSPS) is 27.5. The van der Waals surface area contributed by atoms with Gasteiger partial charge in [0.05, 0.1) is 30.4 Å². The third-order valence-electron chi connectivity index (χ3n) is 8.98. The van der Waals surface area contributed by atoms with Crippen molar-refractivity contribution in [1.29, 1.82) is 0 Å². The van der Waals surface area contributed by atoms with Crippen molar-refractivity contribution >= 4 is 28.4 Å². The molecule has 2 aromatic heterocycles. The van der Waals surface area contributed by atoms with E-state index in [2.05, 4.69) is 20.3 Å². The molecule has 0 unspecified atom stereocenters. The summed E-state index contributed by atoms with van der Waals surface area (Å²) >= 11 is 0. The monoisotopic (exact) mass is 613 g/mol. The molecule has 230 valence electrons. The number of rotatable bonds is 3. The molecule has 3 fully saturated rings. The first kappa shape index (κ1) is 28.1. The van der Waals surface area contributed by atoms with E-state index < -0.39 is 82.6 Å². The number of ether oxygens (including phenoxy) is 1. The van der Waals surface area contributed by atoms with Crippen molar-refractivity contribution in [2.45, 2.75) is 69.1 Å². The highest BCUT2D eigenvalue weighted by Crippen LogP contribution is 2.48. The number of benzene rings is 1. The Bertz CT molecular complexity index is 1670. The van der Waals surface area contributed by atoms with Crippen molar-refractivity contribution in [2.24, 2.45) is 0 Å². The van der Waals surface area contributed by atoms with Crippen LogP contribution >= 0.6 is 0 Å². The van der Waals surface area contributed by atoms with Gasteiger partial charge in [-0.25, -0.2) is 27.5 Å². The van der Waals surface area contributed by atoms with Crippen LogP contribution in [0.3, 0.4) is 0 Å². The van der Waals surface area contributed by atoms with E-state index in [1.165, 1.54) is 0 Å². The number of aliphatic hydroxyl groups is 1. The van der Waals surface area contributed by atoms with Gasteiger partial charge in [0.25, 0.3) is 5.92 Å². The van der Waals surface area contributed by atoms with Gasteiger partial charge in [-0.3, -0.25) is 0 Å². The number of hydrogen-bond donors (Lipinski definition) is 3. The molecule has 4 aliphatic rings. The molecule has 43 heavy (non-hydrogen) atoms. The topological polar surface area (TPSA) is 113 Å². The van der Waals surface area contributed by atoms with E-state index in [0.717, 1.165) is 24.7 Å². The maximum Gasteiger partial charge on any atom is 0.417 e. The standard InChI is InChI=1S/C27H26F7N7O2/c1-9-17(27(32,33)34)12(5-13(35)18(9)28)20-19(29)21-16-23(39-25(38-21)41-8-26(30,31)15(41)7-42)40-6-11-3-4-14(36-11)22(40)10(2)43-24(16)37-20/h5,10-11,14-15,22,36,42H,3-4,6-8,35H2,1-2H3/t10-,11+,14-,15+,22+/m0/s1. The van der Waals surface area contributed by atoms with Gasteiger partial charge in [0.15, 0.2) is 5.82 Å². The molecule has 3 saturated heterocycles. The fourth-order valence-electron chi connectivity index (χ4n) is 6.98. The molecule has 0 spiro atoms. The molecule has 16 heteroatoms. The van der Waals surface area contributed by atoms with Crippen molar-refractivity contribution in [3.05, 3.63) is 28.8 Å². The van der Waals surface area contributed by atoms with Crippen LogP contribution < -0.4 is 25.6 Å². The fourth-order valence-corrected chi connectivity index (χ4v) is 6.98. The second-order valence-corrected chi connectivity index (χ2v) is 11.6. The van der Waals surface area contributed by atoms with Gasteiger partial charge in [0, 0.05) is 24.2 Å². The number of nitrogens with zero attached hydrogens (tertiary/aromatic N) is 5. The van der Waals surface area contributed by atoms with Crippen LogP contribution in [-0.4, -0.2) is 75.9 Å². The predicted octanol–water partition coefficient (Wildman–Crippen LogP) is 3.79. The Balaban J connectivity index is 1.53. The van der Waals surface area contributed by atoms with Crippen LogP contribution in [0.2, 0.25) is 0 Å². The molecule has 4 N–H and O–H groups in total. The number of piperazine rings is 1. The minimum Gasteiger partial charge on any atom is -0.472 e. The Morgan fingerprint density at radius 2 is 1.88 bits per heavy atom. The molecule has 0 saturated carbocycles. The molecule has 9 nitrogen and oxygen atoms in total. The number of fused-ring (bicyclic) bond motifs is 5. The Kier molecular flexibility index (Phi) is 6.00. The van der Waals surface area contributed by atoms with Gasteiger partial charge in [0.2, 0.25) is 11.8 Å². The molecular formula is C27H26F7N7O2. The second-order valence-electron chi connectivity index (χ2n) is 11.6. The maximum atomic E-state index is 16.6. The number of hydrogen-bond acceptors (Lipinski definition) is 9. The summed E-state index contributed by atoms with van der Waals surface area (Å²) in [5.41, 5.74) is 0.513. The van der Waals surface area contributed by atoms with Crippen molar-refractivity contribution in [3.8, 4) is 17.1 Å². The van der Waals surface area contributed by atoms with Crippen LogP contribution in [-0.2, 0) is 6.18 Å². The number of pyridine rings is 1. The predicted molar refractivity (Wildman–Crippen MR) is 141 cm³/mol. The first-order valence-electron chi connectivity index (χ1n) is 13.7. The number of anilines is 3. The van der Waals surface area contributed by atoms with E-state index >= 15 is 4.39 Å². The highest BCUT2D eigenvalue weighted by Gasteiger charge is 2.56. The SMILES string of the molecule is Cc1c(F)c(N)cc(-c2nc3c4c(nc(N5CC(F)(F)[C@H]5CO)nc4c2F)N2C[C@H]4CC[C@H](N4)[C@H]2[C@H](C)O3)c1C(F)(F)F. The molecule has 6 heterocycles. The van der Waals surface area contributed by atoms with Crippen LogP contribution in [0.15, 0.2) is 6.07 Å². The molecule has 1 aromatic carbocycles. The van der Waals surface area contributed by atoms with Crippen LogP contribution in [0.1, 0.15) is 30.9 Å². The number of aliphatic hydroxyl groups excluding tert-OH is 1. The number of nitrogens with two attached hydrogens (primary N) is 1. The summed E-state index contributed by atoms with van der Waals surface area (Å²) in [6.45, 7) is 1.23. The average Bonchev–Trinajstić information content (AvgIpc) is 3.25. The Morgan fingerprint density at radius 3 is 2.56 bits per heavy atom. The highest BCUT2D eigenvalue weighted by atomic mass is 19.4. The number of alkyl halides is 5. The van der Waals surface area contributed by atoms with Gasteiger partial charge in [-0.05, 0) is 38.3 Å². The number of halogens is 7. The van der Waals surface area contributed by atoms with E-state index in [-0.39, 0.29) is 41.2 Å². The van der Waals surface area contributed by atoms with E-state index in [1.807, 2.05) is 4.90 Å². The summed E-state index contributed by atoms with van der Waals surface area (Å²) in [7, 11) is 0. The summed E-state index contributed by atoms with van der Waals surface area (Å²) < 4.78 is 109. The summed E-state index contributed by atoms with van der Waals surface area (Å²) in [4.78, 5) is 15.9. The number of nitrogen functional groups attached to an aromatic ring is 1. The lowest BCUT2D eigenvalue weighted by molar-refractivity contribution is -0.137. The Labute approximate surface area is 239 Å². The second kappa shape index (κ2) is 9.17. The maximum absolute atomic E-state index is 16.6. The zero-order chi connectivity index (χ0) is 30.7. The first-order valence-corrected chi connectivity index (χ1v) is 13.7. The number of nitrogens with one attached hydrogen (secondary N) is 1. The van der Waals surface area contributed by atoms with Crippen LogP contribution in [0.4, 0.5) is 48.2 Å². The fraction of sp³-hybridized carbons (Fsp3) is 0.519. The summed E-state index contributed by atoms with van der Waals surface area (Å²) in [6.07, 6.45) is -4.10. The lowest BCUT2D eigenvalue weighted by Gasteiger charge is -2.47. The van der Waals surface area contributed by atoms with Crippen molar-refractivity contribution in [2.75, 3.05) is 35.2 Å². The zero-order valence-electron chi connectivity index (χ0n) is 22.8. The first-order chi connectivity index (χ1) is 20.2. The lowest BCUT2D eigenvalue weighted by atomic mass is 9.96. The molecular weight excluding hydrogens is 587 g/mol. The highest BCUT2D eigenvalue weighted by molar-refractivity contribution is 5.98. The van der Waals surface area contributed by atoms with Gasteiger partial charge in [-0.2, -0.15) is 18.2 Å². The van der Waals surface area contributed by atoms with Gasteiger partial charge in [0.1, 0.15) is 40.4 Å². The molecule has 3 aromatic rings. The lowest BCUT2D eigenvalue weighted by Crippen LogP contribution is -2.67. The zero-order valence-corrected chi connectivity index (χ0v) is 22.8. The van der Waals surface area contributed by atoms with Gasteiger partial charge >= 0.3 is 6.18 Å². The van der Waals surface area contributed by atoms with Crippen molar-refractivity contribution in [1.82, 2.24) is 20.3 Å². The quantitative estimate of drug-likeness (QED) is 0.300. The van der Waals surface area contributed by atoms with E-state index in [9.17, 15) is 31.4 Å². The average molecular weight is 614 g/mol. The third-order valence-corrected chi connectivity index (χ3v) is 8.98. The smallest absolute Gasteiger partial charge is 0.417 e. The van der Waals surface area contributed by atoms with Crippen LogP contribution in [0.5, 0.6) is 5.88 Å².